The predicted octanol–water partition coefficient (Wildman–Crippen LogP) is 7.09. The molecule has 188 valence electrons. The standard InChI is InChI=1S/C25H18Cl2N4O5S/c1-2-35-23-10-15(6-9-22(23)36-24(32)16-4-3-5-18(11-16)31(33)34)13-28-30-25-29-21(14-37-25)19-8-7-17(26)12-20(19)27/h3-14H,2H2,1H3,(H,29,30)/b28-13+. The highest BCUT2D eigenvalue weighted by Crippen LogP contribution is 2.32. The van der Waals surface area contributed by atoms with Crippen molar-refractivity contribution < 1.29 is 19.2 Å². The summed E-state index contributed by atoms with van der Waals surface area (Å²) in [6.45, 7) is 2.12. The Labute approximate surface area is 225 Å². The van der Waals surface area contributed by atoms with Crippen molar-refractivity contribution in [2.24, 2.45) is 5.10 Å². The van der Waals surface area contributed by atoms with Crippen LogP contribution in [0.5, 0.6) is 11.5 Å². The summed E-state index contributed by atoms with van der Waals surface area (Å²) in [6.07, 6.45) is 1.56. The first-order chi connectivity index (χ1) is 17.8. The molecule has 0 saturated heterocycles. The number of non-ortho nitro benzene ring substituents is 1. The molecule has 0 atom stereocenters. The van der Waals surface area contributed by atoms with Crippen LogP contribution in [-0.2, 0) is 0 Å². The Balaban J connectivity index is 1.45. The average Bonchev–Trinajstić information content (AvgIpc) is 3.34. The summed E-state index contributed by atoms with van der Waals surface area (Å²) in [7, 11) is 0. The van der Waals surface area contributed by atoms with Crippen LogP contribution in [0.3, 0.4) is 0 Å². The van der Waals surface area contributed by atoms with Gasteiger partial charge in [0, 0.05) is 28.1 Å². The van der Waals surface area contributed by atoms with Crippen molar-refractivity contribution in [3.63, 3.8) is 0 Å². The molecule has 0 amide bonds. The molecular formula is C25H18Cl2N4O5S. The number of ether oxygens (including phenoxy) is 2. The monoisotopic (exact) mass is 556 g/mol. The van der Waals surface area contributed by atoms with E-state index in [-0.39, 0.29) is 17.0 Å². The Bertz CT molecular complexity index is 1490. The highest BCUT2D eigenvalue weighted by molar-refractivity contribution is 7.14. The summed E-state index contributed by atoms with van der Waals surface area (Å²) in [5.74, 6) is -0.250. The van der Waals surface area contributed by atoms with Crippen LogP contribution in [0.25, 0.3) is 11.3 Å². The van der Waals surface area contributed by atoms with E-state index in [2.05, 4.69) is 15.5 Å². The minimum Gasteiger partial charge on any atom is -0.490 e. The fraction of sp³-hybridized carbons (Fsp3) is 0.0800. The molecule has 0 aliphatic carbocycles. The number of hydrogen-bond donors (Lipinski definition) is 1. The van der Waals surface area contributed by atoms with Gasteiger partial charge in [-0.15, -0.1) is 11.3 Å². The largest absolute Gasteiger partial charge is 0.490 e. The second-order valence-electron chi connectivity index (χ2n) is 7.37. The molecule has 0 bridgehead atoms. The van der Waals surface area contributed by atoms with Crippen molar-refractivity contribution in [1.29, 1.82) is 0 Å². The number of nitro groups is 1. The Morgan fingerprint density at radius 3 is 2.76 bits per heavy atom. The van der Waals surface area contributed by atoms with Crippen LogP contribution >= 0.6 is 34.5 Å². The Morgan fingerprint density at radius 2 is 2.00 bits per heavy atom. The molecule has 3 aromatic carbocycles. The van der Waals surface area contributed by atoms with Gasteiger partial charge in [0.2, 0.25) is 5.13 Å². The molecule has 0 aliphatic rings. The summed E-state index contributed by atoms with van der Waals surface area (Å²) in [4.78, 5) is 27.4. The van der Waals surface area contributed by atoms with Gasteiger partial charge in [0.05, 0.1) is 34.0 Å². The quantitative estimate of drug-likeness (QED) is 0.0768. The number of halogens is 2. The second-order valence-corrected chi connectivity index (χ2v) is 9.07. The number of carbonyl (C=O) groups is 1. The number of anilines is 1. The molecular weight excluding hydrogens is 539 g/mol. The van der Waals surface area contributed by atoms with Crippen LogP contribution in [0.15, 0.2) is 71.1 Å². The number of esters is 1. The number of carbonyl (C=O) groups excluding carboxylic acids is 1. The molecule has 0 unspecified atom stereocenters. The third-order valence-corrected chi connectivity index (χ3v) is 6.14. The van der Waals surface area contributed by atoms with Crippen molar-refractivity contribution in [1.82, 2.24) is 4.98 Å². The maximum atomic E-state index is 12.5. The first kappa shape index (κ1) is 26.1. The molecule has 0 aliphatic heterocycles. The summed E-state index contributed by atoms with van der Waals surface area (Å²) in [5, 5.41) is 18.7. The van der Waals surface area contributed by atoms with Crippen LogP contribution in [0.1, 0.15) is 22.8 Å². The van der Waals surface area contributed by atoms with Crippen molar-refractivity contribution in [2.75, 3.05) is 12.0 Å². The van der Waals surface area contributed by atoms with E-state index < -0.39 is 10.9 Å². The van der Waals surface area contributed by atoms with E-state index in [0.717, 1.165) is 11.6 Å². The molecule has 4 aromatic rings. The van der Waals surface area contributed by atoms with Crippen LogP contribution in [0.2, 0.25) is 10.0 Å². The fourth-order valence-electron chi connectivity index (χ4n) is 3.17. The van der Waals surface area contributed by atoms with Crippen molar-refractivity contribution in [2.45, 2.75) is 6.92 Å². The van der Waals surface area contributed by atoms with Gasteiger partial charge >= 0.3 is 5.97 Å². The maximum Gasteiger partial charge on any atom is 0.343 e. The number of hydrazone groups is 1. The topological polar surface area (TPSA) is 116 Å². The first-order valence-electron chi connectivity index (χ1n) is 10.8. The maximum absolute atomic E-state index is 12.5. The van der Waals surface area contributed by atoms with Gasteiger partial charge in [-0.25, -0.2) is 9.78 Å². The van der Waals surface area contributed by atoms with E-state index in [1.165, 1.54) is 29.5 Å². The van der Waals surface area contributed by atoms with Crippen LogP contribution in [0.4, 0.5) is 10.8 Å². The number of nitrogens with zero attached hydrogens (tertiary/aromatic N) is 3. The lowest BCUT2D eigenvalue weighted by atomic mass is 10.2. The minimum atomic E-state index is -0.742. The normalized spacial score (nSPS) is 10.9. The van der Waals surface area contributed by atoms with Crippen molar-refractivity contribution in [3.8, 4) is 22.8 Å². The highest BCUT2D eigenvalue weighted by atomic mass is 35.5. The third-order valence-electron chi connectivity index (χ3n) is 4.85. The number of hydrogen-bond acceptors (Lipinski definition) is 9. The number of aromatic nitrogens is 1. The molecule has 4 rings (SSSR count). The molecule has 1 heterocycles. The number of nitrogens with one attached hydrogen (secondary N) is 1. The minimum absolute atomic E-state index is 0.0502. The molecule has 1 N–H and O–H groups in total. The Hall–Kier alpha value is -3.99. The van der Waals surface area contributed by atoms with E-state index in [1.54, 1.807) is 49.5 Å². The molecule has 0 saturated carbocycles. The SMILES string of the molecule is CCOc1cc(/C=N/Nc2nc(-c3ccc(Cl)cc3Cl)cs2)ccc1OC(=O)c1cccc([N+](=O)[O-])c1. The third kappa shape index (κ3) is 6.62. The zero-order chi connectivity index (χ0) is 26.4. The van der Waals surface area contributed by atoms with Gasteiger partial charge in [0.25, 0.3) is 5.69 Å². The van der Waals surface area contributed by atoms with Crippen molar-refractivity contribution >= 4 is 57.5 Å². The van der Waals surface area contributed by atoms with Gasteiger partial charge in [-0.3, -0.25) is 15.5 Å². The number of nitro benzene ring substituents is 1. The van der Waals surface area contributed by atoms with E-state index in [1.807, 2.05) is 5.38 Å². The van der Waals surface area contributed by atoms with Gasteiger partial charge in [0.15, 0.2) is 11.5 Å². The lowest BCUT2D eigenvalue weighted by molar-refractivity contribution is -0.384. The lowest BCUT2D eigenvalue weighted by Crippen LogP contribution is -2.10. The first-order valence-corrected chi connectivity index (χ1v) is 12.4. The Kier molecular flexibility index (Phi) is 8.34. The number of benzene rings is 3. The van der Waals surface area contributed by atoms with Gasteiger partial charge in [-0.1, -0.05) is 29.3 Å². The lowest BCUT2D eigenvalue weighted by Gasteiger charge is -2.11. The van der Waals surface area contributed by atoms with Gasteiger partial charge < -0.3 is 9.47 Å². The van der Waals surface area contributed by atoms with Crippen LogP contribution < -0.4 is 14.9 Å². The molecule has 1 aromatic heterocycles. The highest BCUT2D eigenvalue weighted by Gasteiger charge is 2.16. The van der Waals surface area contributed by atoms with E-state index in [0.29, 0.717) is 38.8 Å². The molecule has 37 heavy (non-hydrogen) atoms. The molecule has 0 spiro atoms. The predicted molar refractivity (Wildman–Crippen MR) is 144 cm³/mol. The summed E-state index contributed by atoms with van der Waals surface area (Å²) in [5.41, 5.74) is 4.84. The smallest absolute Gasteiger partial charge is 0.343 e. The molecule has 0 radical (unpaired) electrons. The number of rotatable bonds is 9. The van der Waals surface area contributed by atoms with E-state index >= 15 is 0 Å². The molecule has 0 fully saturated rings. The van der Waals surface area contributed by atoms with Crippen LogP contribution in [-0.4, -0.2) is 28.7 Å². The van der Waals surface area contributed by atoms with Gasteiger partial charge in [0.1, 0.15) is 0 Å². The Morgan fingerprint density at radius 1 is 1.16 bits per heavy atom. The second kappa shape index (κ2) is 11.8. The summed E-state index contributed by atoms with van der Waals surface area (Å²) in [6, 6.07) is 15.4. The molecule has 12 heteroatoms. The zero-order valence-corrected chi connectivity index (χ0v) is 21.5. The van der Waals surface area contributed by atoms with Gasteiger partial charge in [-0.2, -0.15) is 5.10 Å². The van der Waals surface area contributed by atoms with Crippen molar-refractivity contribution in [3.05, 3.63) is 97.3 Å². The van der Waals surface area contributed by atoms with Crippen LogP contribution in [0, 0.1) is 10.1 Å². The van der Waals surface area contributed by atoms with E-state index in [9.17, 15) is 14.9 Å². The number of thiazole rings is 1. The van der Waals surface area contributed by atoms with E-state index in [4.69, 9.17) is 32.7 Å². The molecule has 9 nitrogen and oxygen atoms in total. The average molecular weight is 557 g/mol. The fourth-order valence-corrected chi connectivity index (χ4v) is 4.34. The zero-order valence-electron chi connectivity index (χ0n) is 19.2. The summed E-state index contributed by atoms with van der Waals surface area (Å²) >= 11 is 13.6. The summed E-state index contributed by atoms with van der Waals surface area (Å²) < 4.78 is 11.0. The van der Waals surface area contributed by atoms with Gasteiger partial charge in [-0.05, 0) is 55.0 Å².